The Labute approximate surface area is 94.6 Å². The second-order valence-corrected chi connectivity index (χ2v) is 5.36. The van der Waals surface area contributed by atoms with Gasteiger partial charge in [0.15, 0.2) is 11.5 Å². The molecular formula is C10H13NO4S. The summed E-state index contributed by atoms with van der Waals surface area (Å²) in [6.45, 7) is 1.19. The van der Waals surface area contributed by atoms with E-state index in [1.165, 1.54) is 30.7 Å². The number of sulfonamides is 1. The molecule has 1 aliphatic heterocycles. The maximum Gasteiger partial charge on any atom is 0.243 e. The fraction of sp³-hybridized carbons (Fsp3) is 0.400. The molecule has 0 bridgehead atoms. The number of hydrogen-bond acceptors (Lipinski definition) is 4. The SMILES string of the molecule is COc1ccc(S(=O)(=O)N2CC2)cc1OC. The van der Waals surface area contributed by atoms with Crippen molar-refractivity contribution in [2.75, 3.05) is 27.3 Å². The smallest absolute Gasteiger partial charge is 0.243 e. The average Bonchev–Trinajstić information content (AvgIpc) is 3.12. The average molecular weight is 243 g/mol. The number of hydrogen-bond donors (Lipinski definition) is 0. The van der Waals surface area contributed by atoms with Crippen LogP contribution in [0, 0.1) is 0 Å². The van der Waals surface area contributed by atoms with Crippen molar-refractivity contribution < 1.29 is 17.9 Å². The van der Waals surface area contributed by atoms with Crippen molar-refractivity contribution in [3.8, 4) is 11.5 Å². The van der Waals surface area contributed by atoms with Gasteiger partial charge in [-0.1, -0.05) is 0 Å². The molecule has 1 aliphatic rings. The van der Waals surface area contributed by atoms with Gasteiger partial charge in [0, 0.05) is 19.2 Å². The summed E-state index contributed by atoms with van der Waals surface area (Å²) in [6, 6.07) is 4.59. The van der Waals surface area contributed by atoms with Crippen molar-refractivity contribution in [2.45, 2.75) is 4.90 Å². The number of nitrogens with zero attached hydrogens (tertiary/aromatic N) is 1. The molecule has 16 heavy (non-hydrogen) atoms. The van der Waals surface area contributed by atoms with Gasteiger partial charge in [0.1, 0.15) is 0 Å². The molecule has 0 aliphatic carbocycles. The summed E-state index contributed by atoms with van der Waals surface area (Å²) in [5.41, 5.74) is 0. The Hall–Kier alpha value is -1.27. The van der Waals surface area contributed by atoms with Crippen LogP contribution in [0.4, 0.5) is 0 Å². The number of rotatable bonds is 4. The lowest BCUT2D eigenvalue weighted by atomic mass is 10.3. The predicted molar refractivity (Wildman–Crippen MR) is 58.3 cm³/mol. The first-order chi connectivity index (χ1) is 7.59. The molecule has 0 atom stereocenters. The minimum absolute atomic E-state index is 0.239. The van der Waals surface area contributed by atoms with Gasteiger partial charge in [-0.15, -0.1) is 0 Å². The third-order valence-electron chi connectivity index (χ3n) is 2.40. The van der Waals surface area contributed by atoms with Crippen molar-refractivity contribution in [3.05, 3.63) is 18.2 Å². The van der Waals surface area contributed by atoms with Gasteiger partial charge in [-0.05, 0) is 12.1 Å². The second-order valence-electron chi connectivity index (χ2n) is 3.42. The van der Waals surface area contributed by atoms with E-state index in [0.717, 1.165) is 0 Å². The van der Waals surface area contributed by atoms with E-state index in [-0.39, 0.29) is 4.90 Å². The molecule has 88 valence electrons. The van der Waals surface area contributed by atoms with Crippen molar-refractivity contribution in [2.24, 2.45) is 0 Å². The van der Waals surface area contributed by atoms with Crippen molar-refractivity contribution >= 4 is 10.0 Å². The zero-order valence-corrected chi connectivity index (χ0v) is 9.95. The Morgan fingerprint density at radius 3 is 2.25 bits per heavy atom. The van der Waals surface area contributed by atoms with Gasteiger partial charge in [-0.2, -0.15) is 4.31 Å². The third kappa shape index (κ3) is 1.85. The number of ether oxygens (including phenoxy) is 2. The first-order valence-electron chi connectivity index (χ1n) is 4.82. The summed E-state index contributed by atoms with van der Waals surface area (Å²) in [5, 5.41) is 0. The monoisotopic (exact) mass is 243 g/mol. The summed E-state index contributed by atoms with van der Waals surface area (Å²) in [4.78, 5) is 0.239. The molecule has 5 nitrogen and oxygen atoms in total. The highest BCUT2D eigenvalue weighted by molar-refractivity contribution is 7.89. The Kier molecular flexibility index (Phi) is 2.77. The molecule has 1 heterocycles. The molecule has 0 aromatic heterocycles. The molecule has 1 fully saturated rings. The van der Waals surface area contributed by atoms with Gasteiger partial charge in [0.05, 0.1) is 19.1 Å². The summed E-state index contributed by atoms with van der Waals surface area (Å²) in [7, 11) is -0.337. The van der Waals surface area contributed by atoms with Crippen LogP contribution in [0.3, 0.4) is 0 Å². The molecule has 0 unspecified atom stereocenters. The minimum Gasteiger partial charge on any atom is -0.493 e. The van der Waals surface area contributed by atoms with E-state index in [4.69, 9.17) is 9.47 Å². The minimum atomic E-state index is -3.33. The van der Waals surface area contributed by atoms with Crippen LogP contribution in [0.15, 0.2) is 23.1 Å². The molecular weight excluding hydrogens is 230 g/mol. The van der Waals surface area contributed by atoms with Crippen LogP contribution < -0.4 is 9.47 Å². The Bertz CT molecular complexity index is 494. The lowest BCUT2D eigenvalue weighted by Crippen LogP contribution is -2.11. The third-order valence-corrected chi connectivity index (χ3v) is 4.29. The van der Waals surface area contributed by atoms with E-state index in [9.17, 15) is 8.42 Å². The lowest BCUT2D eigenvalue weighted by Gasteiger charge is -2.10. The van der Waals surface area contributed by atoms with Crippen molar-refractivity contribution in [1.29, 1.82) is 0 Å². The maximum absolute atomic E-state index is 11.9. The maximum atomic E-state index is 11.9. The molecule has 0 saturated carbocycles. The van der Waals surface area contributed by atoms with E-state index in [1.807, 2.05) is 0 Å². The molecule has 0 radical (unpaired) electrons. The zero-order chi connectivity index (χ0) is 11.8. The van der Waals surface area contributed by atoms with E-state index in [1.54, 1.807) is 6.07 Å². The van der Waals surface area contributed by atoms with Crippen LogP contribution in [-0.4, -0.2) is 40.0 Å². The van der Waals surface area contributed by atoms with Crippen LogP contribution in [0.25, 0.3) is 0 Å². The van der Waals surface area contributed by atoms with E-state index >= 15 is 0 Å². The van der Waals surface area contributed by atoms with Crippen LogP contribution in [0.2, 0.25) is 0 Å². The number of benzene rings is 1. The summed E-state index contributed by atoms with van der Waals surface area (Å²) in [5.74, 6) is 0.942. The van der Waals surface area contributed by atoms with Gasteiger partial charge in [0.2, 0.25) is 10.0 Å². The molecule has 6 heteroatoms. The lowest BCUT2D eigenvalue weighted by molar-refractivity contribution is 0.354. The fourth-order valence-corrected chi connectivity index (χ4v) is 2.76. The normalized spacial score (nSPS) is 15.9. The molecule has 2 rings (SSSR count). The number of methoxy groups -OCH3 is 2. The highest BCUT2D eigenvalue weighted by atomic mass is 32.2. The van der Waals surface area contributed by atoms with Gasteiger partial charge < -0.3 is 9.47 Å². The highest BCUT2D eigenvalue weighted by Gasteiger charge is 2.33. The van der Waals surface area contributed by atoms with E-state index in [2.05, 4.69) is 0 Å². The summed E-state index contributed by atoms with van der Waals surface area (Å²) >= 11 is 0. The van der Waals surface area contributed by atoms with Crippen molar-refractivity contribution in [1.82, 2.24) is 4.31 Å². The van der Waals surface area contributed by atoms with Gasteiger partial charge in [-0.3, -0.25) is 0 Å². The summed E-state index contributed by atoms with van der Waals surface area (Å²) in [6.07, 6.45) is 0. The first-order valence-corrected chi connectivity index (χ1v) is 6.26. The predicted octanol–water partition coefficient (Wildman–Crippen LogP) is 0.708. The van der Waals surface area contributed by atoms with Crippen LogP contribution in [0.1, 0.15) is 0 Å². The summed E-state index contributed by atoms with van der Waals surface area (Å²) < 4.78 is 35.3. The first kappa shape index (κ1) is 11.2. The Morgan fingerprint density at radius 1 is 1.12 bits per heavy atom. The standard InChI is InChI=1S/C10H13NO4S/c1-14-9-4-3-8(7-10(9)15-2)16(12,13)11-5-6-11/h3-4,7H,5-6H2,1-2H3. The van der Waals surface area contributed by atoms with Gasteiger partial charge >= 0.3 is 0 Å². The highest BCUT2D eigenvalue weighted by Crippen LogP contribution is 2.31. The molecule has 1 aromatic carbocycles. The molecule has 1 aromatic rings. The van der Waals surface area contributed by atoms with Crippen molar-refractivity contribution in [3.63, 3.8) is 0 Å². The topological polar surface area (TPSA) is 55.6 Å². The van der Waals surface area contributed by atoms with Crippen LogP contribution in [-0.2, 0) is 10.0 Å². The molecule has 1 saturated heterocycles. The zero-order valence-electron chi connectivity index (χ0n) is 9.13. The van der Waals surface area contributed by atoms with E-state index in [0.29, 0.717) is 24.6 Å². The van der Waals surface area contributed by atoms with Crippen LogP contribution >= 0.6 is 0 Å². The van der Waals surface area contributed by atoms with Crippen LogP contribution in [0.5, 0.6) is 11.5 Å². The fourth-order valence-electron chi connectivity index (χ4n) is 1.41. The second kappa shape index (κ2) is 3.95. The van der Waals surface area contributed by atoms with Gasteiger partial charge in [-0.25, -0.2) is 8.42 Å². The van der Waals surface area contributed by atoms with E-state index < -0.39 is 10.0 Å². The van der Waals surface area contributed by atoms with Gasteiger partial charge in [0.25, 0.3) is 0 Å². The Balaban J connectivity index is 2.43. The molecule has 0 amide bonds. The molecule has 0 spiro atoms. The largest absolute Gasteiger partial charge is 0.493 e. The molecule has 0 N–H and O–H groups in total. The Morgan fingerprint density at radius 2 is 1.75 bits per heavy atom. The quantitative estimate of drug-likeness (QED) is 0.731.